The first kappa shape index (κ1) is 14.8. The highest BCUT2D eigenvalue weighted by atomic mass is 35.5. The normalized spacial score (nSPS) is 22.3. The average Bonchev–Trinajstić information content (AvgIpc) is 2.43. The number of carboxylic acids is 1. The highest BCUT2D eigenvalue weighted by Crippen LogP contribution is 2.30. The number of hydrogen-bond donors (Lipinski definition) is 2. The van der Waals surface area contributed by atoms with E-state index in [-0.39, 0.29) is 22.8 Å². The van der Waals surface area contributed by atoms with Crippen LogP contribution in [0.4, 0.5) is 10.1 Å². The second kappa shape index (κ2) is 6.22. The van der Waals surface area contributed by atoms with Gasteiger partial charge in [-0.2, -0.15) is 0 Å². The fourth-order valence-corrected chi connectivity index (χ4v) is 2.60. The Balaban J connectivity index is 1.92. The number of benzene rings is 1. The minimum absolute atomic E-state index is 0.0441. The van der Waals surface area contributed by atoms with Crippen LogP contribution in [0.15, 0.2) is 18.2 Å². The van der Waals surface area contributed by atoms with Gasteiger partial charge in [0.15, 0.2) is 0 Å². The van der Waals surface area contributed by atoms with Crippen LogP contribution in [-0.4, -0.2) is 17.0 Å². The molecule has 1 saturated carbocycles. The summed E-state index contributed by atoms with van der Waals surface area (Å²) in [5, 5.41) is 11.5. The van der Waals surface area contributed by atoms with Crippen molar-refractivity contribution in [3.8, 4) is 0 Å². The first-order valence-corrected chi connectivity index (χ1v) is 6.84. The summed E-state index contributed by atoms with van der Waals surface area (Å²) in [5.74, 6) is -2.05. The molecule has 0 aliphatic heterocycles. The van der Waals surface area contributed by atoms with E-state index in [1.54, 1.807) is 0 Å². The number of carboxylic acid groups (broad SMARTS) is 1. The van der Waals surface area contributed by atoms with E-state index in [2.05, 4.69) is 5.32 Å². The average molecular weight is 300 g/mol. The van der Waals surface area contributed by atoms with E-state index >= 15 is 0 Å². The van der Waals surface area contributed by atoms with Crippen molar-refractivity contribution in [2.75, 3.05) is 5.32 Å². The smallest absolute Gasteiger partial charge is 0.306 e. The number of rotatable bonds is 3. The maximum atomic E-state index is 13.0. The molecule has 0 aromatic heterocycles. The quantitative estimate of drug-likeness (QED) is 0.900. The molecule has 0 saturated heterocycles. The maximum Gasteiger partial charge on any atom is 0.306 e. The van der Waals surface area contributed by atoms with E-state index in [0.717, 1.165) is 0 Å². The lowest BCUT2D eigenvalue weighted by Crippen LogP contribution is -2.29. The van der Waals surface area contributed by atoms with Gasteiger partial charge in [0.05, 0.1) is 10.9 Å². The number of halogens is 2. The second-order valence-corrected chi connectivity index (χ2v) is 5.41. The molecule has 4 nitrogen and oxygen atoms in total. The number of aliphatic carboxylic acids is 1. The summed E-state index contributed by atoms with van der Waals surface area (Å²) in [6, 6.07) is 4.00. The summed E-state index contributed by atoms with van der Waals surface area (Å²) in [6.07, 6.45) is 2.13. The molecular weight excluding hydrogens is 285 g/mol. The highest BCUT2D eigenvalue weighted by molar-refractivity contribution is 6.31. The molecule has 1 fully saturated rings. The van der Waals surface area contributed by atoms with E-state index in [9.17, 15) is 14.0 Å². The predicted molar refractivity (Wildman–Crippen MR) is 73.1 cm³/mol. The lowest BCUT2D eigenvalue weighted by molar-refractivity contribution is -0.143. The molecule has 0 heterocycles. The molecule has 1 aromatic carbocycles. The number of hydrogen-bond acceptors (Lipinski definition) is 2. The van der Waals surface area contributed by atoms with Crippen molar-refractivity contribution in [1.29, 1.82) is 0 Å². The Bertz CT molecular complexity index is 527. The van der Waals surface area contributed by atoms with Crippen molar-refractivity contribution < 1.29 is 19.1 Å². The third-order valence-electron chi connectivity index (χ3n) is 3.63. The Kier molecular flexibility index (Phi) is 4.60. The largest absolute Gasteiger partial charge is 0.481 e. The zero-order valence-corrected chi connectivity index (χ0v) is 11.5. The molecule has 20 heavy (non-hydrogen) atoms. The minimum Gasteiger partial charge on any atom is -0.481 e. The van der Waals surface area contributed by atoms with E-state index in [1.807, 2.05) is 0 Å². The Labute approximate surface area is 120 Å². The van der Waals surface area contributed by atoms with Gasteiger partial charge in [0.1, 0.15) is 5.82 Å². The first-order valence-electron chi connectivity index (χ1n) is 6.46. The van der Waals surface area contributed by atoms with Gasteiger partial charge in [0, 0.05) is 11.6 Å². The lowest BCUT2D eigenvalue weighted by atomic mass is 9.81. The Morgan fingerprint density at radius 1 is 1.20 bits per heavy atom. The molecule has 6 heteroatoms. The van der Waals surface area contributed by atoms with E-state index in [1.165, 1.54) is 18.2 Å². The third kappa shape index (κ3) is 3.48. The molecule has 108 valence electrons. The van der Waals surface area contributed by atoms with Gasteiger partial charge in [-0.3, -0.25) is 9.59 Å². The second-order valence-electron chi connectivity index (χ2n) is 5.00. The SMILES string of the molecule is O=C(O)C1CCC(C(=O)Nc2ccc(F)c(Cl)c2)CC1. The summed E-state index contributed by atoms with van der Waals surface area (Å²) >= 11 is 5.65. The number of carbonyl (C=O) groups excluding carboxylic acids is 1. The van der Waals surface area contributed by atoms with E-state index < -0.39 is 11.8 Å². The van der Waals surface area contributed by atoms with Gasteiger partial charge in [0.2, 0.25) is 5.91 Å². The van der Waals surface area contributed by atoms with Gasteiger partial charge in [-0.1, -0.05) is 11.6 Å². The van der Waals surface area contributed by atoms with Gasteiger partial charge in [-0.25, -0.2) is 4.39 Å². The highest BCUT2D eigenvalue weighted by Gasteiger charge is 2.29. The molecule has 2 rings (SSSR count). The van der Waals surface area contributed by atoms with Crippen LogP contribution in [0.3, 0.4) is 0 Å². The van der Waals surface area contributed by atoms with Crippen LogP contribution in [0.5, 0.6) is 0 Å². The Morgan fingerprint density at radius 2 is 1.80 bits per heavy atom. The topological polar surface area (TPSA) is 66.4 Å². The van der Waals surface area contributed by atoms with Crippen molar-refractivity contribution in [3.63, 3.8) is 0 Å². The zero-order chi connectivity index (χ0) is 14.7. The van der Waals surface area contributed by atoms with Crippen LogP contribution < -0.4 is 5.32 Å². The molecule has 0 radical (unpaired) electrons. The van der Waals surface area contributed by atoms with E-state index in [4.69, 9.17) is 16.7 Å². The summed E-state index contributed by atoms with van der Waals surface area (Å²) < 4.78 is 13.0. The van der Waals surface area contributed by atoms with Crippen LogP contribution in [0.2, 0.25) is 5.02 Å². The van der Waals surface area contributed by atoms with Gasteiger partial charge >= 0.3 is 5.97 Å². The zero-order valence-electron chi connectivity index (χ0n) is 10.7. The Morgan fingerprint density at radius 3 is 2.35 bits per heavy atom. The number of carbonyl (C=O) groups is 2. The number of amides is 1. The summed E-state index contributed by atoms with van der Waals surface area (Å²) in [7, 11) is 0. The fraction of sp³-hybridized carbons (Fsp3) is 0.429. The minimum atomic E-state index is -0.797. The summed E-state index contributed by atoms with van der Waals surface area (Å²) in [6.45, 7) is 0. The van der Waals surface area contributed by atoms with Crippen LogP contribution in [-0.2, 0) is 9.59 Å². The van der Waals surface area contributed by atoms with Gasteiger partial charge < -0.3 is 10.4 Å². The molecular formula is C14H15ClFNO3. The van der Waals surface area contributed by atoms with Crippen molar-refractivity contribution in [1.82, 2.24) is 0 Å². The molecule has 0 unspecified atom stereocenters. The fourth-order valence-electron chi connectivity index (χ4n) is 2.42. The van der Waals surface area contributed by atoms with Crippen molar-refractivity contribution >= 4 is 29.2 Å². The molecule has 0 atom stereocenters. The van der Waals surface area contributed by atoms with Crippen LogP contribution in [0.25, 0.3) is 0 Å². The van der Waals surface area contributed by atoms with Crippen LogP contribution >= 0.6 is 11.6 Å². The van der Waals surface area contributed by atoms with E-state index in [0.29, 0.717) is 31.4 Å². The molecule has 1 amide bonds. The monoisotopic (exact) mass is 299 g/mol. The lowest BCUT2D eigenvalue weighted by Gasteiger charge is -2.25. The van der Waals surface area contributed by atoms with Gasteiger partial charge in [-0.15, -0.1) is 0 Å². The van der Waals surface area contributed by atoms with Crippen molar-refractivity contribution in [3.05, 3.63) is 29.0 Å². The molecule has 2 N–H and O–H groups in total. The van der Waals surface area contributed by atoms with Crippen LogP contribution in [0.1, 0.15) is 25.7 Å². The van der Waals surface area contributed by atoms with Crippen molar-refractivity contribution in [2.24, 2.45) is 11.8 Å². The summed E-state index contributed by atoms with van der Waals surface area (Å²) in [5.41, 5.74) is 0.446. The van der Waals surface area contributed by atoms with Gasteiger partial charge in [-0.05, 0) is 43.9 Å². The third-order valence-corrected chi connectivity index (χ3v) is 3.92. The van der Waals surface area contributed by atoms with Crippen LogP contribution in [0, 0.1) is 17.7 Å². The molecule has 0 bridgehead atoms. The first-order chi connectivity index (χ1) is 9.47. The summed E-state index contributed by atoms with van der Waals surface area (Å²) in [4.78, 5) is 22.9. The van der Waals surface area contributed by atoms with Crippen molar-refractivity contribution in [2.45, 2.75) is 25.7 Å². The molecule has 1 aliphatic carbocycles. The maximum absolute atomic E-state index is 13.0. The predicted octanol–water partition coefficient (Wildman–Crippen LogP) is 3.31. The molecule has 1 aliphatic rings. The Hall–Kier alpha value is -1.62. The molecule has 0 spiro atoms. The van der Waals surface area contributed by atoms with Gasteiger partial charge in [0.25, 0.3) is 0 Å². The number of anilines is 1. The number of nitrogens with one attached hydrogen (secondary N) is 1. The molecule has 1 aromatic rings. The standard InChI is InChI=1S/C14H15ClFNO3/c15-11-7-10(5-6-12(11)16)17-13(18)8-1-3-9(4-2-8)14(19)20/h5-9H,1-4H2,(H,17,18)(H,19,20).